The molecule has 5 N–H and O–H groups in total. The number of fused-ring (bicyclic) bond motifs is 2. The molecule has 4 aromatic rings. The number of aromatic nitrogens is 3. The van der Waals surface area contributed by atoms with Crippen LogP contribution in [0.2, 0.25) is 0 Å². The number of nitrogens with one attached hydrogen (secondary N) is 4. The average Bonchev–Trinajstić information content (AvgIpc) is 3.74. The Morgan fingerprint density at radius 2 is 1.83 bits per heavy atom. The van der Waals surface area contributed by atoms with Crippen LogP contribution in [0.4, 0.5) is 21.5 Å². The van der Waals surface area contributed by atoms with Crippen LogP contribution in [-0.4, -0.2) is 106 Å². The number of halogens is 1. The Labute approximate surface area is 304 Å². The van der Waals surface area contributed by atoms with Gasteiger partial charge in [0.15, 0.2) is 5.82 Å². The first-order valence-electron chi connectivity index (χ1n) is 16.6. The molecule has 0 aliphatic carbocycles. The number of carbonyl (C=O) groups excluding carboxylic acids is 6. The van der Waals surface area contributed by atoms with E-state index in [0.717, 1.165) is 11.0 Å². The van der Waals surface area contributed by atoms with Crippen molar-refractivity contribution in [2.24, 2.45) is 0 Å². The molecule has 4 aliphatic heterocycles. The van der Waals surface area contributed by atoms with Crippen molar-refractivity contribution < 1.29 is 46.7 Å². The maximum absolute atomic E-state index is 15.4. The number of likely N-dealkylation sites (tertiary alicyclic amines) is 1. The van der Waals surface area contributed by atoms with Gasteiger partial charge in [-0.05, 0) is 48.2 Å². The molecule has 0 saturated carbocycles. The van der Waals surface area contributed by atoms with E-state index >= 15 is 4.39 Å². The van der Waals surface area contributed by atoms with Gasteiger partial charge in [-0.25, -0.2) is 18.1 Å². The fourth-order valence-corrected chi connectivity index (χ4v) is 8.13. The zero-order valence-electron chi connectivity index (χ0n) is 27.9. The number of nitrogens with zero attached hydrogens (tertiary/aromatic N) is 6. The van der Waals surface area contributed by atoms with Crippen LogP contribution in [0.3, 0.4) is 0 Å². The summed E-state index contributed by atoms with van der Waals surface area (Å²) in [5.74, 6) is -5.36. The number of imide groups is 2. The van der Waals surface area contributed by atoms with Gasteiger partial charge in [-0.1, -0.05) is 11.3 Å². The van der Waals surface area contributed by atoms with E-state index in [1.165, 1.54) is 24.3 Å². The van der Waals surface area contributed by atoms with Gasteiger partial charge >= 0.3 is 10.2 Å². The minimum absolute atomic E-state index is 0.0165. The van der Waals surface area contributed by atoms with E-state index < -0.39 is 69.6 Å². The molecule has 0 spiro atoms. The summed E-state index contributed by atoms with van der Waals surface area (Å²) in [6.45, 7) is 0.486. The van der Waals surface area contributed by atoms with Gasteiger partial charge in [0, 0.05) is 36.3 Å². The summed E-state index contributed by atoms with van der Waals surface area (Å²) < 4.78 is 43.7. The number of aromatic hydroxyl groups is 1. The highest BCUT2D eigenvalue weighted by molar-refractivity contribution is 7.92. The molecule has 1 atom stereocenters. The molecule has 1 aromatic heterocycles. The summed E-state index contributed by atoms with van der Waals surface area (Å²) in [6, 6.07) is 8.94. The predicted molar refractivity (Wildman–Crippen MR) is 185 cm³/mol. The largest absolute Gasteiger partial charge is 0.506 e. The third-order valence-electron chi connectivity index (χ3n) is 9.55. The Bertz CT molecular complexity index is 2450. The van der Waals surface area contributed by atoms with Crippen LogP contribution < -0.4 is 25.0 Å². The van der Waals surface area contributed by atoms with Crippen molar-refractivity contribution >= 4 is 73.5 Å². The number of carbonyl (C=O) groups is 6. The van der Waals surface area contributed by atoms with Crippen molar-refractivity contribution in [3.8, 4) is 5.75 Å². The molecule has 0 bridgehead atoms. The van der Waals surface area contributed by atoms with Crippen molar-refractivity contribution in [2.75, 3.05) is 41.1 Å². The van der Waals surface area contributed by atoms with Crippen molar-refractivity contribution in [1.29, 1.82) is 0 Å². The lowest BCUT2D eigenvalue weighted by Crippen LogP contribution is -2.54. The second-order valence-corrected chi connectivity index (χ2v) is 14.7. The lowest BCUT2D eigenvalue weighted by molar-refractivity contribution is -0.136. The standard InChI is InChI=1S/C33H29FN10O9S/c34-29-20-5-4-17(8-16(20)9-24(45)30(29)43-15-27(48)39-54(43,52)53)36-26(47)14-41-12-19(13-41)42-11-18(38-40-42)10-35-22-3-1-2-21-28(22)33(51)44(32(21)50)23-6-7-25(46)37-31(23)49/h1-5,8-9,11,19,23,35,45H,6-7,10,12-15H2,(H,36,47)(H,39,48)(H,37,46,49). The van der Waals surface area contributed by atoms with Crippen LogP contribution in [0.15, 0.2) is 48.7 Å². The molecule has 21 heteroatoms. The molecule has 54 heavy (non-hydrogen) atoms. The maximum Gasteiger partial charge on any atom is 0.326 e. The van der Waals surface area contributed by atoms with Gasteiger partial charge in [0.25, 0.3) is 17.7 Å². The predicted octanol–water partition coefficient (Wildman–Crippen LogP) is -0.0343. The fraction of sp³-hybridized carbons (Fsp3) is 0.273. The average molecular weight is 761 g/mol. The highest BCUT2D eigenvalue weighted by Crippen LogP contribution is 2.39. The Morgan fingerprint density at radius 3 is 2.57 bits per heavy atom. The van der Waals surface area contributed by atoms with E-state index in [1.54, 1.807) is 27.7 Å². The van der Waals surface area contributed by atoms with Crippen LogP contribution in [0.1, 0.15) is 45.3 Å². The summed E-state index contributed by atoms with van der Waals surface area (Å²) in [4.78, 5) is 77.7. The molecule has 3 aromatic carbocycles. The molecule has 4 aliphatic rings. The van der Waals surface area contributed by atoms with Gasteiger partial charge in [0.05, 0.1) is 36.5 Å². The van der Waals surface area contributed by atoms with Crippen LogP contribution in [0.5, 0.6) is 5.75 Å². The molecule has 5 heterocycles. The highest BCUT2D eigenvalue weighted by atomic mass is 32.2. The maximum atomic E-state index is 15.4. The third kappa shape index (κ3) is 6.01. The van der Waals surface area contributed by atoms with Crippen LogP contribution in [-0.2, 0) is 35.9 Å². The van der Waals surface area contributed by atoms with Gasteiger partial charge in [-0.3, -0.25) is 43.9 Å². The van der Waals surface area contributed by atoms with Crippen LogP contribution in [0.25, 0.3) is 10.8 Å². The van der Waals surface area contributed by atoms with Crippen molar-refractivity contribution in [2.45, 2.75) is 31.5 Å². The number of rotatable bonds is 9. The summed E-state index contributed by atoms with van der Waals surface area (Å²) >= 11 is 0. The van der Waals surface area contributed by atoms with Crippen LogP contribution >= 0.6 is 0 Å². The molecule has 3 saturated heterocycles. The van der Waals surface area contributed by atoms with E-state index in [4.69, 9.17) is 0 Å². The summed E-state index contributed by atoms with van der Waals surface area (Å²) in [6.07, 6.45) is 1.79. The van der Waals surface area contributed by atoms with E-state index in [2.05, 4.69) is 26.3 Å². The van der Waals surface area contributed by atoms with E-state index in [1.807, 2.05) is 4.90 Å². The van der Waals surface area contributed by atoms with Gasteiger partial charge in [0.1, 0.15) is 29.7 Å². The second-order valence-electron chi connectivity index (χ2n) is 13.1. The first-order chi connectivity index (χ1) is 25.8. The summed E-state index contributed by atoms with van der Waals surface area (Å²) in [5, 5.41) is 27.1. The normalized spacial score (nSPS) is 19.9. The molecule has 278 valence electrons. The quantitative estimate of drug-likeness (QED) is 0.141. The number of hydrogen-bond acceptors (Lipinski definition) is 13. The number of phenols is 1. The monoisotopic (exact) mass is 760 g/mol. The minimum atomic E-state index is -4.36. The molecular weight excluding hydrogens is 731 g/mol. The Morgan fingerprint density at radius 1 is 1.04 bits per heavy atom. The number of benzene rings is 3. The summed E-state index contributed by atoms with van der Waals surface area (Å²) in [5.41, 5.74) is 0.850. The van der Waals surface area contributed by atoms with Gasteiger partial charge in [-0.2, -0.15) is 8.42 Å². The Kier molecular flexibility index (Phi) is 8.25. The lowest BCUT2D eigenvalue weighted by Gasteiger charge is -2.38. The molecule has 6 amide bonds. The number of hydrogen-bond donors (Lipinski definition) is 5. The van der Waals surface area contributed by atoms with Crippen molar-refractivity contribution in [1.82, 2.24) is 34.8 Å². The smallest absolute Gasteiger partial charge is 0.326 e. The second kappa shape index (κ2) is 12.9. The molecule has 3 fully saturated rings. The van der Waals surface area contributed by atoms with Gasteiger partial charge < -0.3 is 15.7 Å². The minimum Gasteiger partial charge on any atom is -0.506 e. The number of piperidine rings is 1. The van der Waals surface area contributed by atoms with Crippen LogP contribution in [0, 0.1) is 5.82 Å². The van der Waals surface area contributed by atoms with E-state index in [9.17, 15) is 42.3 Å². The van der Waals surface area contributed by atoms with E-state index in [-0.39, 0.29) is 59.8 Å². The van der Waals surface area contributed by atoms with Gasteiger partial charge in [-0.15, -0.1) is 5.10 Å². The first kappa shape index (κ1) is 34.6. The molecule has 19 nitrogen and oxygen atoms in total. The number of anilines is 3. The van der Waals surface area contributed by atoms with Gasteiger partial charge in [0.2, 0.25) is 17.7 Å². The number of amides is 6. The zero-order chi connectivity index (χ0) is 38.1. The zero-order valence-corrected chi connectivity index (χ0v) is 28.7. The van der Waals surface area contributed by atoms with Crippen molar-refractivity contribution in [3.05, 3.63) is 71.3 Å². The highest BCUT2D eigenvalue weighted by Gasteiger charge is 2.45. The molecular formula is C33H29FN10O9S. The Balaban J connectivity index is 0.851. The van der Waals surface area contributed by atoms with Crippen molar-refractivity contribution in [3.63, 3.8) is 0 Å². The topological polar surface area (TPSA) is 245 Å². The SMILES string of the molecule is O=C1CCC(N2C(=O)c3cccc(NCc4cn(C5CN(CC(=O)Nc6ccc7c(F)c(N8CC(=O)NS8(=O)=O)c(O)cc7c6)C5)nn4)c3C2=O)C(=O)N1. The molecule has 1 unspecified atom stereocenters. The lowest BCUT2D eigenvalue weighted by atomic mass is 10.0. The third-order valence-corrected chi connectivity index (χ3v) is 10.9. The Hall–Kier alpha value is -6.48. The summed E-state index contributed by atoms with van der Waals surface area (Å²) in [7, 11) is -4.36. The fourth-order valence-electron chi connectivity index (χ4n) is 6.96. The van der Waals surface area contributed by atoms with E-state index in [0.29, 0.717) is 34.5 Å². The number of phenolic OH excluding ortho intramolecular Hbond substituents is 1. The molecule has 8 rings (SSSR count). The molecule has 0 radical (unpaired) electrons. The first-order valence-corrected chi connectivity index (χ1v) is 18.0.